The Labute approximate surface area is 84.8 Å². The van der Waals surface area contributed by atoms with Crippen LogP contribution in [-0.4, -0.2) is 17.4 Å². The zero-order valence-electron chi connectivity index (χ0n) is 8.34. The number of nitrogens with one attached hydrogen (secondary N) is 1. The molecule has 0 saturated carbocycles. The Kier molecular flexibility index (Phi) is 9.70. The number of nitrogens with two attached hydrogens (primary N) is 1. The van der Waals surface area contributed by atoms with E-state index in [1.807, 2.05) is 11.8 Å². The monoisotopic (exact) mass is 204 g/mol. The third-order valence-electron chi connectivity index (χ3n) is 1.75. The molecule has 1 amide bonds. The first kappa shape index (κ1) is 12.8. The van der Waals surface area contributed by atoms with Gasteiger partial charge in [-0.3, -0.25) is 10.2 Å². The van der Waals surface area contributed by atoms with Gasteiger partial charge in [-0.15, -0.1) is 0 Å². The van der Waals surface area contributed by atoms with Crippen molar-refractivity contribution in [2.45, 2.75) is 39.0 Å². The minimum absolute atomic E-state index is 0.0610. The number of hydrogen-bond acceptors (Lipinski definition) is 3. The average molecular weight is 204 g/mol. The van der Waals surface area contributed by atoms with Crippen molar-refractivity contribution < 1.29 is 4.79 Å². The SMILES string of the molecule is CCCCCSCCCC(=O)NN. The molecule has 0 unspecified atom stereocenters. The van der Waals surface area contributed by atoms with Gasteiger partial charge in [0.05, 0.1) is 0 Å². The predicted molar refractivity (Wildman–Crippen MR) is 58.4 cm³/mol. The molecule has 0 aliphatic carbocycles. The van der Waals surface area contributed by atoms with Crippen molar-refractivity contribution in [1.82, 2.24) is 5.43 Å². The van der Waals surface area contributed by atoms with Crippen molar-refractivity contribution in [3.63, 3.8) is 0 Å². The number of amides is 1. The highest BCUT2D eigenvalue weighted by atomic mass is 32.2. The van der Waals surface area contributed by atoms with E-state index in [9.17, 15) is 4.79 Å². The van der Waals surface area contributed by atoms with Crippen LogP contribution in [-0.2, 0) is 4.79 Å². The van der Waals surface area contributed by atoms with Gasteiger partial charge in [0.2, 0.25) is 5.91 Å². The number of unbranched alkanes of at least 4 members (excludes halogenated alkanes) is 2. The van der Waals surface area contributed by atoms with Crippen LogP contribution in [0.15, 0.2) is 0 Å². The van der Waals surface area contributed by atoms with Gasteiger partial charge in [0.1, 0.15) is 0 Å². The maximum absolute atomic E-state index is 10.7. The zero-order chi connectivity index (χ0) is 9.94. The van der Waals surface area contributed by atoms with E-state index in [-0.39, 0.29) is 5.91 Å². The fraction of sp³-hybridized carbons (Fsp3) is 0.889. The molecule has 0 atom stereocenters. The summed E-state index contributed by atoms with van der Waals surface area (Å²) in [6.07, 6.45) is 5.37. The van der Waals surface area contributed by atoms with Crippen LogP contribution >= 0.6 is 11.8 Å². The van der Waals surface area contributed by atoms with Gasteiger partial charge < -0.3 is 0 Å². The molecule has 4 heteroatoms. The largest absolute Gasteiger partial charge is 0.294 e. The highest BCUT2D eigenvalue weighted by Crippen LogP contribution is 2.08. The summed E-state index contributed by atoms with van der Waals surface area (Å²) in [4.78, 5) is 10.7. The van der Waals surface area contributed by atoms with Crippen LogP contribution < -0.4 is 11.3 Å². The van der Waals surface area contributed by atoms with Crippen molar-refractivity contribution >= 4 is 17.7 Å². The van der Waals surface area contributed by atoms with Gasteiger partial charge >= 0.3 is 0 Å². The third kappa shape index (κ3) is 9.70. The van der Waals surface area contributed by atoms with E-state index in [2.05, 4.69) is 12.3 Å². The molecule has 0 aromatic rings. The summed E-state index contributed by atoms with van der Waals surface area (Å²) in [5, 5.41) is 0. The highest BCUT2D eigenvalue weighted by molar-refractivity contribution is 7.99. The number of carbonyl (C=O) groups is 1. The number of carbonyl (C=O) groups excluding carboxylic acids is 1. The topological polar surface area (TPSA) is 55.1 Å². The average Bonchev–Trinajstić information content (AvgIpc) is 2.16. The van der Waals surface area contributed by atoms with E-state index in [0.29, 0.717) is 6.42 Å². The van der Waals surface area contributed by atoms with Crippen LogP contribution in [0.25, 0.3) is 0 Å². The van der Waals surface area contributed by atoms with E-state index in [0.717, 1.165) is 12.2 Å². The maximum atomic E-state index is 10.7. The molecular weight excluding hydrogens is 184 g/mol. The molecule has 0 saturated heterocycles. The second kappa shape index (κ2) is 9.86. The first-order chi connectivity index (χ1) is 6.31. The van der Waals surface area contributed by atoms with E-state index in [1.165, 1.54) is 25.0 Å². The Balaban J connectivity index is 2.95. The van der Waals surface area contributed by atoms with Crippen LogP contribution in [0.4, 0.5) is 0 Å². The Hall–Kier alpha value is -0.220. The molecule has 13 heavy (non-hydrogen) atoms. The van der Waals surface area contributed by atoms with Crippen molar-refractivity contribution in [1.29, 1.82) is 0 Å². The van der Waals surface area contributed by atoms with Crippen LogP contribution in [0, 0.1) is 0 Å². The van der Waals surface area contributed by atoms with Crippen molar-refractivity contribution in [3.05, 3.63) is 0 Å². The first-order valence-electron chi connectivity index (χ1n) is 4.88. The van der Waals surface area contributed by atoms with Gasteiger partial charge in [-0.1, -0.05) is 19.8 Å². The maximum Gasteiger partial charge on any atom is 0.233 e. The molecule has 78 valence electrons. The summed E-state index contributed by atoms with van der Waals surface area (Å²) in [5.74, 6) is 7.17. The smallest absolute Gasteiger partial charge is 0.233 e. The summed E-state index contributed by atoms with van der Waals surface area (Å²) in [7, 11) is 0. The van der Waals surface area contributed by atoms with Crippen LogP contribution in [0.3, 0.4) is 0 Å². The van der Waals surface area contributed by atoms with Crippen molar-refractivity contribution in [2.75, 3.05) is 11.5 Å². The molecule has 0 aromatic carbocycles. The lowest BCUT2D eigenvalue weighted by molar-refractivity contribution is -0.121. The minimum Gasteiger partial charge on any atom is -0.294 e. The summed E-state index contributed by atoms with van der Waals surface area (Å²) in [5.41, 5.74) is 2.13. The van der Waals surface area contributed by atoms with Crippen molar-refractivity contribution in [2.24, 2.45) is 5.84 Å². The fourth-order valence-corrected chi connectivity index (χ4v) is 1.92. The van der Waals surface area contributed by atoms with Gasteiger partial charge in [0.25, 0.3) is 0 Å². The van der Waals surface area contributed by atoms with Crippen molar-refractivity contribution in [3.8, 4) is 0 Å². The molecule has 0 bridgehead atoms. The molecule has 0 aliphatic heterocycles. The minimum atomic E-state index is -0.0610. The Morgan fingerprint density at radius 3 is 2.62 bits per heavy atom. The lowest BCUT2D eigenvalue weighted by atomic mass is 10.3. The molecule has 3 N–H and O–H groups in total. The summed E-state index contributed by atoms with van der Waals surface area (Å²) >= 11 is 1.92. The first-order valence-corrected chi connectivity index (χ1v) is 6.04. The molecule has 0 heterocycles. The van der Waals surface area contributed by atoms with Gasteiger partial charge in [-0.25, -0.2) is 5.84 Å². The van der Waals surface area contributed by atoms with E-state index < -0.39 is 0 Å². The number of thioether (sulfide) groups is 1. The Morgan fingerprint density at radius 1 is 1.31 bits per heavy atom. The molecule has 0 radical (unpaired) electrons. The highest BCUT2D eigenvalue weighted by Gasteiger charge is 1.97. The van der Waals surface area contributed by atoms with Gasteiger partial charge in [0.15, 0.2) is 0 Å². The molecule has 0 aromatic heterocycles. The molecule has 0 fully saturated rings. The van der Waals surface area contributed by atoms with Gasteiger partial charge in [-0.2, -0.15) is 11.8 Å². The fourth-order valence-electron chi connectivity index (χ4n) is 0.963. The van der Waals surface area contributed by atoms with Gasteiger partial charge in [-0.05, 0) is 24.3 Å². The zero-order valence-corrected chi connectivity index (χ0v) is 9.16. The molecule has 0 aliphatic rings. The van der Waals surface area contributed by atoms with Crippen LogP contribution in [0.1, 0.15) is 39.0 Å². The summed E-state index contributed by atoms with van der Waals surface area (Å²) in [6.45, 7) is 2.20. The lowest BCUT2D eigenvalue weighted by Crippen LogP contribution is -2.29. The summed E-state index contributed by atoms with van der Waals surface area (Å²) < 4.78 is 0. The molecule has 3 nitrogen and oxygen atoms in total. The van der Waals surface area contributed by atoms with E-state index in [1.54, 1.807) is 0 Å². The van der Waals surface area contributed by atoms with E-state index in [4.69, 9.17) is 5.84 Å². The second-order valence-electron chi connectivity index (χ2n) is 2.99. The predicted octanol–water partition coefficient (Wildman–Crippen LogP) is 1.68. The quantitative estimate of drug-likeness (QED) is 0.274. The molecule has 0 spiro atoms. The van der Waals surface area contributed by atoms with Crippen LogP contribution in [0.5, 0.6) is 0 Å². The van der Waals surface area contributed by atoms with Gasteiger partial charge in [0, 0.05) is 6.42 Å². The normalized spacial score (nSPS) is 10.0. The Morgan fingerprint density at radius 2 is 2.00 bits per heavy atom. The van der Waals surface area contributed by atoms with Crippen LogP contribution in [0.2, 0.25) is 0 Å². The lowest BCUT2D eigenvalue weighted by Gasteiger charge is -2.00. The third-order valence-corrected chi connectivity index (χ3v) is 2.90. The second-order valence-corrected chi connectivity index (χ2v) is 4.22. The van der Waals surface area contributed by atoms with E-state index >= 15 is 0 Å². The number of rotatable bonds is 8. The Bertz CT molecular complexity index is 131. The standard InChI is InChI=1S/C9H20N2OS/c1-2-3-4-7-13-8-5-6-9(12)11-10/h2-8,10H2,1H3,(H,11,12). The number of hydrogen-bond donors (Lipinski definition) is 2. The molecule has 0 rings (SSSR count). The summed E-state index contributed by atoms with van der Waals surface area (Å²) in [6, 6.07) is 0. The molecular formula is C9H20N2OS. The number of hydrazine groups is 1.